The third kappa shape index (κ3) is 4.30. The first-order valence-corrected chi connectivity index (χ1v) is 12.2. The number of piperidine rings is 1. The summed E-state index contributed by atoms with van der Waals surface area (Å²) < 4.78 is 27.5. The predicted octanol–water partition coefficient (Wildman–Crippen LogP) is 3.98. The summed E-state index contributed by atoms with van der Waals surface area (Å²) in [6.45, 7) is 0.979. The lowest BCUT2D eigenvalue weighted by Crippen LogP contribution is -2.46. The Morgan fingerprint density at radius 1 is 0.868 bits per heavy atom. The van der Waals surface area contributed by atoms with Crippen LogP contribution in [0.1, 0.15) is 24.0 Å². The SMILES string of the molecule is O=C(Oc1ccc(N([O-])O)cc1)N1CCC(C(O)(c2ccc3c(c2)OCO3)c2ccc3c(c2)OCO3)CC1. The van der Waals surface area contributed by atoms with E-state index < -0.39 is 11.7 Å². The van der Waals surface area contributed by atoms with E-state index in [4.69, 9.17) is 28.9 Å². The maximum absolute atomic E-state index is 12.8. The largest absolute Gasteiger partial charge is 0.733 e. The first kappa shape index (κ1) is 24.2. The standard InChI is InChI=1S/C27H25N2O9/c30-26(38-21-5-3-20(4-6-21)29(32)33)28-11-9-17(10-12-28)27(31,18-1-7-22-24(13-18)36-15-34-22)19-2-8-23-25(14-19)37-16-35-23/h1-8,13-14,17,31-32H,9-12,15-16H2/q-1. The Morgan fingerprint density at radius 3 is 1.92 bits per heavy atom. The van der Waals surface area contributed by atoms with Gasteiger partial charge in [0.1, 0.15) is 11.4 Å². The van der Waals surface area contributed by atoms with Crippen molar-refractivity contribution >= 4 is 11.8 Å². The van der Waals surface area contributed by atoms with Crippen LogP contribution in [0, 0.1) is 11.1 Å². The highest BCUT2D eigenvalue weighted by Gasteiger charge is 2.44. The topological polar surface area (TPSA) is 133 Å². The third-order valence-electron chi connectivity index (χ3n) is 7.23. The molecular weight excluding hydrogens is 496 g/mol. The van der Waals surface area contributed by atoms with E-state index in [2.05, 4.69) is 0 Å². The van der Waals surface area contributed by atoms with Crippen LogP contribution in [-0.4, -0.2) is 48.0 Å². The molecule has 0 aromatic heterocycles. The molecule has 38 heavy (non-hydrogen) atoms. The Labute approximate surface area is 217 Å². The number of fused-ring (bicyclic) bond motifs is 2. The fourth-order valence-electron chi connectivity index (χ4n) is 5.19. The van der Waals surface area contributed by atoms with Crippen LogP contribution in [0.25, 0.3) is 0 Å². The number of benzene rings is 3. The van der Waals surface area contributed by atoms with Crippen molar-refractivity contribution in [2.45, 2.75) is 18.4 Å². The van der Waals surface area contributed by atoms with Crippen LogP contribution in [0.5, 0.6) is 28.7 Å². The highest BCUT2D eigenvalue weighted by molar-refractivity contribution is 5.71. The van der Waals surface area contributed by atoms with Gasteiger partial charge in [-0.1, -0.05) is 12.1 Å². The van der Waals surface area contributed by atoms with E-state index in [1.165, 1.54) is 24.3 Å². The molecule has 0 saturated carbocycles. The number of ether oxygens (including phenoxy) is 5. The number of aliphatic hydroxyl groups is 1. The number of nitrogens with zero attached hydrogens (tertiary/aromatic N) is 2. The fourth-order valence-corrected chi connectivity index (χ4v) is 5.19. The second-order valence-electron chi connectivity index (χ2n) is 9.30. The van der Waals surface area contributed by atoms with E-state index in [1.807, 2.05) is 12.1 Å². The zero-order valence-corrected chi connectivity index (χ0v) is 20.2. The molecule has 3 aromatic rings. The van der Waals surface area contributed by atoms with Crippen LogP contribution in [0.3, 0.4) is 0 Å². The lowest BCUT2D eigenvalue weighted by atomic mass is 9.72. The van der Waals surface area contributed by atoms with Gasteiger partial charge in [-0.3, -0.25) is 5.21 Å². The number of hydrogen-bond donors (Lipinski definition) is 2. The summed E-state index contributed by atoms with van der Waals surface area (Å²) >= 11 is 0. The number of rotatable bonds is 5. The molecule has 0 bridgehead atoms. The molecule has 6 rings (SSSR count). The van der Waals surface area contributed by atoms with Crippen molar-refractivity contribution in [3.8, 4) is 28.7 Å². The Bertz CT molecular complexity index is 1280. The molecule has 0 aliphatic carbocycles. The second kappa shape index (κ2) is 9.60. The van der Waals surface area contributed by atoms with E-state index in [0.717, 1.165) is 0 Å². The number of anilines is 1. The predicted molar refractivity (Wildman–Crippen MR) is 133 cm³/mol. The number of amides is 1. The molecule has 198 valence electrons. The normalized spacial score (nSPS) is 16.4. The van der Waals surface area contributed by atoms with Crippen LogP contribution in [-0.2, 0) is 5.60 Å². The molecular formula is C27H25N2O9-. The first-order chi connectivity index (χ1) is 18.4. The van der Waals surface area contributed by atoms with Crippen molar-refractivity contribution in [2.75, 3.05) is 31.9 Å². The summed E-state index contributed by atoms with van der Waals surface area (Å²) in [5, 5.41) is 32.1. The molecule has 0 radical (unpaired) electrons. The molecule has 0 unspecified atom stereocenters. The summed E-state index contributed by atoms with van der Waals surface area (Å²) in [5.41, 5.74) is -0.0737. The Kier molecular flexibility index (Phi) is 6.10. The molecule has 3 heterocycles. The highest BCUT2D eigenvalue weighted by Crippen LogP contribution is 2.47. The van der Waals surface area contributed by atoms with Gasteiger partial charge in [-0.25, -0.2) is 4.79 Å². The minimum absolute atomic E-state index is 0.0249. The van der Waals surface area contributed by atoms with Gasteiger partial charge in [0.2, 0.25) is 13.6 Å². The number of carbonyl (C=O) groups excluding carboxylic acids is 1. The van der Waals surface area contributed by atoms with Crippen LogP contribution in [0.2, 0.25) is 0 Å². The Morgan fingerprint density at radius 2 is 1.39 bits per heavy atom. The van der Waals surface area contributed by atoms with Crippen LogP contribution in [0.15, 0.2) is 60.7 Å². The quantitative estimate of drug-likeness (QED) is 0.475. The summed E-state index contributed by atoms with van der Waals surface area (Å²) in [7, 11) is 0. The van der Waals surface area contributed by atoms with Crippen molar-refractivity contribution in [2.24, 2.45) is 5.92 Å². The molecule has 11 nitrogen and oxygen atoms in total. The number of carbonyl (C=O) groups is 1. The average molecular weight is 522 g/mol. The van der Waals surface area contributed by atoms with Gasteiger partial charge in [-0.2, -0.15) is 0 Å². The zero-order chi connectivity index (χ0) is 26.3. The monoisotopic (exact) mass is 521 g/mol. The van der Waals surface area contributed by atoms with E-state index >= 15 is 0 Å². The van der Waals surface area contributed by atoms with Gasteiger partial charge < -0.3 is 44.1 Å². The smallest absolute Gasteiger partial charge is 0.415 e. The van der Waals surface area contributed by atoms with Crippen molar-refractivity contribution in [1.82, 2.24) is 4.90 Å². The van der Waals surface area contributed by atoms with Gasteiger partial charge >= 0.3 is 6.09 Å². The Hall–Kier alpha value is -4.19. The van der Waals surface area contributed by atoms with Gasteiger partial charge in [0, 0.05) is 13.1 Å². The summed E-state index contributed by atoms with van der Waals surface area (Å²) in [6.07, 6.45) is 0.473. The van der Waals surface area contributed by atoms with Crippen LogP contribution < -0.4 is 28.9 Å². The van der Waals surface area contributed by atoms with Crippen molar-refractivity contribution < 1.29 is 38.8 Å². The molecule has 2 N–H and O–H groups in total. The molecule has 3 aromatic carbocycles. The average Bonchev–Trinajstić information content (AvgIpc) is 3.61. The van der Waals surface area contributed by atoms with Gasteiger partial charge in [-0.05, 0) is 78.4 Å². The van der Waals surface area contributed by atoms with Crippen LogP contribution >= 0.6 is 0 Å². The molecule has 1 amide bonds. The molecule has 1 fully saturated rings. The van der Waals surface area contributed by atoms with E-state index in [-0.39, 0.29) is 36.2 Å². The lowest BCUT2D eigenvalue weighted by molar-refractivity contribution is -0.0118. The van der Waals surface area contributed by atoms with E-state index in [1.54, 1.807) is 29.2 Å². The minimum Gasteiger partial charge on any atom is -0.733 e. The van der Waals surface area contributed by atoms with Gasteiger partial charge in [-0.15, -0.1) is 0 Å². The first-order valence-electron chi connectivity index (χ1n) is 12.2. The maximum atomic E-state index is 12.8. The molecule has 0 spiro atoms. The summed E-state index contributed by atoms with van der Waals surface area (Å²) in [6, 6.07) is 16.4. The van der Waals surface area contributed by atoms with Crippen molar-refractivity contribution in [3.63, 3.8) is 0 Å². The molecule has 1 saturated heterocycles. The van der Waals surface area contributed by atoms with Crippen LogP contribution in [0.4, 0.5) is 10.5 Å². The van der Waals surface area contributed by atoms with E-state index in [9.17, 15) is 15.1 Å². The molecule has 3 aliphatic heterocycles. The number of likely N-dealkylation sites (tertiary alicyclic amines) is 1. The molecule has 11 heteroatoms. The summed E-state index contributed by atoms with van der Waals surface area (Å²) in [5.74, 6) is 2.38. The maximum Gasteiger partial charge on any atom is 0.415 e. The zero-order valence-electron chi connectivity index (χ0n) is 20.2. The second-order valence-corrected chi connectivity index (χ2v) is 9.30. The lowest BCUT2D eigenvalue weighted by Gasteiger charge is -2.42. The van der Waals surface area contributed by atoms with Crippen molar-refractivity contribution in [3.05, 3.63) is 77.0 Å². The van der Waals surface area contributed by atoms with Gasteiger partial charge in [0.25, 0.3) is 0 Å². The number of hydrogen-bond acceptors (Lipinski definition) is 10. The molecule has 0 atom stereocenters. The summed E-state index contributed by atoms with van der Waals surface area (Å²) in [4.78, 5) is 14.4. The minimum atomic E-state index is -1.40. The molecule has 3 aliphatic rings. The van der Waals surface area contributed by atoms with Gasteiger partial charge in [0.15, 0.2) is 23.0 Å². The van der Waals surface area contributed by atoms with E-state index in [0.29, 0.717) is 60.1 Å². The Balaban J connectivity index is 1.22. The fraction of sp³-hybridized carbons (Fsp3) is 0.296. The third-order valence-corrected chi connectivity index (χ3v) is 7.23. The highest BCUT2D eigenvalue weighted by atomic mass is 16.8. The van der Waals surface area contributed by atoms with Crippen molar-refractivity contribution in [1.29, 1.82) is 0 Å². The van der Waals surface area contributed by atoms with Gasteiger partial charge in [0.05, 0.1) is 5.69 Å².